The van der Waals surface area contributed by atoms with Gasteiger partial charge in [-0.05, 0) is 12.8 Å². The normalized spacial score (nSPS) is 10.7. The number of hydrogen-bond acceptors (Lipinski definition) is 3. The largest absolute Gasteiger partial charge is 0.379 e. The zero-order valence-electron chi connectivity index (χ0n) is 9.46. The first-order chi connectivity index (χ1) is 6.91. The highest BCUT2D eigenvalue weighted by Crippen LogP contribution is 1.88. The molecule has 0 fully saturated rings. The second-order valence-corrected chi connectivity index (χ2v) is 3.06. The van der Waals surface area contributed by atoms with Crippen molar-refractivity contribution in [3.05, 3.63) is 6.42 Å². The van der Waals surface area contributed by atoms with Crippen molar-refractivity contribution >= 4 is 0 Å². The van der Waals surface area contributed by atoms with Gasteiger partial charge >= 0.3 is 0 Å². The Hall–Kier alpha value is -0.120. The Kier molecular flexibility index (Phi) is 12.8. The van der Waals surface area contributed by atoms with Crippen molar-refractivity contribution in [2.45, 2.75) is 26.7 Å². The molecule has 0 unspecified atom stereocenters. The Bertz CT molecular complexity index is 84.5. The van der Waals surface area contributed by atoms with Crippen LogP contribution in [0, 0.1) is 6.42 Å². The summed E-state index contributed by atoms with van der Waals surface area (Å²) in [7, 11) is 0. The predicted octanol–water partition coefficient (Wildman–Crippen LogP) is 2.06. The first-order valence-corrected chi connectivity index (χ1v) is 5.42. The van der Waals surface area contributed by atoms with Crippen LogP contribution in [-0.2, 0) is 14.2 Å². The van der Waals surface area contributed by atoms with Gasteiger partial charge in [-0.25, -0.2) is 0 Å². The van der Waals surface area contributed by atoms with E-state index in [2.05, 4.69) is 6.92 Å². The molecule has 0 atom stereocenters. The van der Waals surface area contributed by atoms with Gasteiger partial charge in [-0.15, -0.1) is 0 Å². The fourth-order valence-corrected chi connectivity index (χ4v) is 0.887. The Morgan fingerprint density at radius 2 is 1.43 bits per heavy atom. The summed E-state index contributed by atoms with van der Waals surface area (Å²) >= 11 is 0. The van der Waals surface area contributed by atoms with Crippen molar-refractivity contribution in [3.63, 3.8) is 0 Å². The van der Waals surface area contributed by atoms with Crippen LogP contribution in [0.4, 0.5) is 0 Å². The molecule has 0 bridgehead atoms. The van der Waals surface area contributed by atoms with Crippen LogP contribution < -0.4 is 0 Å². The molecular weight excluding hydrogens is 180 g/mol. The summed E-state index contributed by atoms with van der Waals surface area (Å²) in [6.07, 6.45) is 4.30. The highest BCUT2D eigenvalue weighted by atomic mass is 16.5. The smallest absolute Gasteiger partial charge is 0.0701 e. The lowest BCUT2D eigenvalue weighted by Gasteiger charge is -2.05. The second kappa shape index (κ2) is 12.9. The predicted molar refractivity (Wildman–Crippen MR) is 57.3 cm³/mol. The van der Waals surface area contributed by atoms with Crippen molar-refractivity contribution in [2.75, 3.05) is 39.6 Å². The lowest BCUT2D eigenvalue weighted by atomic mass is 10.4. The summed E-state index contributed by atoms with van der Waals surface area (Å²) in [6, 6.07) is 0. The van der Waals surface area contributed by atoms with E-state index in [1.807, 2.05) is 13.3 Å². The average molecular weight is 203 g/mol. The first-order valence-electron chi connectivity index (χ1n) is 5.42. The van der Waals surface area contributed by atoms with Gasteiger partial charge in [-0.2, -0.15) is 0 Å². The van der Waals surface area contributed by atoms with Gasteiger partial charge in [0.2, 0.25) is 0 Å². The molecular formula is C11H23O3. The van der Waals surface area contributed by atoms with Crippen LogP contribution in [0.5, 0.6) is 0 Å². The lowest BCUT2D eigenvalue weighted by Crippen LogP contribution is -2.10. The molecule has 0 saturated heterocycles. The van der Waals surface area contributed by atoms with Crippen LogP contribution >= 0.6 is 0 Å². The van der Waals surface area contributed by atoms with E-state index in [9.17, 15) is 0 Å². The molecule has 3 heteroatoms. The van der Waals surface area contributed by atoms with E-state index in [1.165, 1.54) is 6.42 Å². The van der Waals surface area contributed by atoms with E-state index in [0.29, 0.717) is 33.0 Å². The maximum absolute atomic E-state index is 5.33. The summed E-state index contributed by atoms with van der Waals surface area (Å²) in [5, 5.41) is 0. The summed E-state index contributed by atoms with van der Waals surface area (Å²) < 4.78 is 15.8. The van der Waals surface area contributed by atoms with E-state index in [0.717, 1.165) is 13.0 Å². The SMILES string of the molecule is C[CH]COCCOCCOCCCC. The molecule has 3 nitrogen and oxygen atoms in total. The van der Waals surface area contributed by atoms with E-state index in [-0.39, 0.29) is 0 Å². The van der Waals surface area contributed by atoms with Crippen molar-refractivity contribution in [1.29, 1.82) is 0 Å². The molecule has 0 aromatic rings. The van der Waals surface area contributed by atoms with E-state index < -0.39 is 0 Å². The van der Waals surface area contributed by atoms with Gasteiger partial charge < -0.3 is 14.2 Å². The molecule has 0 rings (SSSR count). The topological polar surface area (TPSA) is 27.7 Å². The van der Waals surface area contributed by atoms with E-state index in [1.54, 1.807) is 0 Å². The van der Waals surface area contributed by atoms with Gasteiger partial charge in [0, 0.05) is 13.2 Å². The summed E-state index contributed by atoms with van der Waals surface area (Å²) in [5.41, 5.74) is 0. The monoisotopic (exact) mass is 203 g/mol. The van der Waals surface area contributed by atoms with Crippen LogP contribution in [-0.4, -0.2) is 39.6 Å². The van der Waals surface area contributed by atoms with Crippen LogP contribution in [0.25, 0.3) is 0 Å². The molecule has 0 heterocycles. The van der Waals surface area contributed by atoms with Crippen LogP contribution in [0.3, 0.4) is 0 Å². The fraction of sp³-hybridized carbons (Fsp3) is 0.909. The molecule has 14 heavy (non-hydrogen) atoms. The minimum absolute atomic E-state index is 0.658. The maximum Gasteiger partial charge on any atom is 0.0701 e. The summed E-state index contributed by atoms with van der Waals surface area (Å²) in [6.45, 7) is 8.37. The third-order valence-corrected chi connectivity index (χ3v) is 1.67. The third kappa shape index (κ3) is 11.9. The molecule has 0 aliphatic rings. The molecule has 0 aromatic carbocycles. The molecule has 0 aromatic heterocycles. The second-order valence-electron chi connectivity index (χ2n) is 3.06. The first kappa shape index (κ1) is 13.9. The Balaban J connectivity index is 2.78. The number of unbranched alkanes of at least 4 members (excludes halogenated alkanes) is 1. The maximum atomic E-state index is 5.33. The fourth-order valence-electron chi connectivity index (χ4n) is 0.887. The molecule has 0 aliphatic carbocycles. The van der Waals surface area contributed by atoms with Crippen LogP contribution in [0.2, 0.25) is 0 Å². The Morgan fingerprint density at radius 3 is 2.00 bits per heavy atom. The van der Waals surface area contributed by atoms with Gasteiger partial charge in [-0.3, -0.25) is 0 Å². The van der Waals surface area contributed by atoms with Crippen LogP contribution in [0.15, 0.2) is 0 Å². The quantitative estimate of drug-likeness (QED) is 0.481. The number of ether oxygens (including phenoxy) is 3. The molecule has 0 spiro atoms. The third-order valence-electron chi connectivity index (χ3n) is 1.67. The highest BCUT2D eigenvalue weighted by molar-refractivity contribution is 4.50. The molecule has 0 amide bonds. The number of rotatable bonds is 11. The van der Waals surface area contributed by atoms with Crippen molar-refractivity contribution < 1.29 is 14.2 Å². The molecule has 1 radical (unpaired) electrons. The van der Waals surface area contributed by atoms with Gasteiger partial charge in [0.1, 0.15) is 0 Å². The lowest BCUT2D eigenvalue weighted by molar-refractivity contribution is 0.0177. The standard InChI is InChI=1S/C11H23O3/c1-3-5-7-13-9-11-14-10-8-12-6-4-2/h4H,3,5-11H2,1-2H3. The molecule has 0 saturated carbocycles. The highest BCUT2D eigenvalue weighted by Gasteiger charge is 1.90. The van der Waals surface area contributed by atoms with Crippen molar-refractivity contribution in [1.82, 2.24) is 0 Å². The zero-order chi connectivity index (χ0) is 10.5. The van der Waals surface area contributed by atoms with E-state index >= 15 is 0 Å². The van der Waals surface area contributed by atoms with Gasteiger partial charge in [-0.1, -0.05) is 20.3 Å². The average Bonchev–Trinajstić information content (AvgIpc) is 2.21. The number of hydrogen-bond donors (Lipinski definition) is 0. The summed E-state index contributed by atoms with van der Waals surface area (Å²) in [4.78, 5) is 0. The minimum atomic E-state index is 0.658. The van der Waals surface area contributed by atoms with Gasteiger partial charge in [0.25, 0.3) is 0 Å². The van der Waals surface area contributed by atoms with E-state index in [4.69, 9.17) is 14.2 Å². The summed E-state index contributed by atoms with van der Waals surface area (Å²) in [5.74, 6) is 0. The zero-order valence-corrected chi connectivity index (χ0v) is 9.46. The Morgan fingerprint density at radius 1 is 0.857 bits per heavy atom. The van der Waals surface area contributed by atoms with Gasteiger partial charge in [0.15, 0.2) is 0 Å². The van der Waals surface area contributed by atoms with Crippen molar-refractivity contribution in [3.8, 4) is 0 Å². The van der Waals surface area contributed by atoms with Crippen LogP contribution in [0.1, 0.15) is 26.7 Å². The van der Waals surface area contributed by atoms with Crippen molar-refractivity contribution in [2.24, 2.45) is 0 Å². The Labute approximate surface area is 87.7 Å². The molecule has 0 N–H and O–H groups in total. The minimum Gasteiger partial charge on any atom is -0.379 e. The molecule has 85 valence electrons. The van der Waals surface area contributed by atoms with Gasteiger partial charge in [0.05, 0.1) is 26.4 Å². The molecule has 0 aliphatic heterocycles.